The van der Waals surface area contributed by atoms with Crippen LogP contribution in [0, 0.1) is 0 Å². The zero-order valence-electron chi connectivity index (χ0n) is 14.9. The molecule has 0 N–H and O–H groups in total. The van der Waals surface area contributed by atoms with Crippen LogP contribution in [-0.2, 0) is 9.53 Å². The third-order valence-corrected chi connectivity index (χ3v) is 3.56. The molecule has 2 aromatic rings. The Bertz CT molecular complexity index is 745. The van der Waals surface area contributed by atoms with Gasteiger partial charge in [-0.2, -0.15) is 0 Å². The van der Waals surface area contributed by atoms with E-state index in [1.54, 1.807) is 54.6 Å². The molecule has 26 heavy (non-hydrogen) atoms. The molecule has 0 atom stereocenters. The first-order valence-electron chi connectivity index (χ1n) is 8.43. The minimum absolute atomic E-state index is 0.425. The van der Waals surface area contributed by atoms with Gasteiger partial charge in [0.2, 0.25) is 0 Å². The number of benzene rings is 2. The summed E-state index contributed by atoms with van der Waals surface area (Å²) in [7, 11) is 1.32. The predicted molar refractivity (Wildman–Crippen MR) is 99.3 cm³/mol. The van der Waals surface area contributed by atoms with Crippen molar-refractivity contribution in [3.8, 4) is 11.5 Å². The summed E-state index contributed by atoms with van der Waals surface area (Å²) in [5, 5.41) is 0. The number of carbonyl (C=O) groups excluding carboxylic acids is 2. The predicted octanol–water partition coefficient (Wildman–Crippen LogP) is 4.27. The number of hydrogen-bond acceptors (Lipinski definition) is 5. The first-order valence-corrected chi connectivity index (χ1v) is 8.43. The maximum atomic E-state index is 12.2. The first kappa shape index (κ1) is 19.2. The second kappa shape index (κ2) is 10.0. The van der Waals surface area contributed by atoms with E-state index in [0.717, 1.165) is 24.2 Å². The van der Waals surface area contributed by atoms with E-state index in [1.807, 2.05) is 0 Å². The Morgan fingerprint density at radius 3 is 2.23 bits per heavy atom. The number of carbonyl (C=O) groups is 2. The van der Waals surface area contributed by atoms with Crippen LogP contribution in [0.3, 0.4) is 0 Å². The molecule has 5 heteroatoms. The Hall–Kier alpha value is -3.08. The van der Waals surface area contributed by atoms with E-state index in [1.165, 1.54) is 13.2 Å². The van der Waals surface area contributed by atoms with Crippen molar-refractivity contribution >= 4 is 18.0 Å². The maximum absolute atomic E-state index is 12.2. The lowest BCUT2D eigenvalue weighted by Crippen LogP contribution is -2.08. The van der Waals surface area contributed by atoms with E-state index in [2.05, 4.69) is 11.7 Å². The molecule has 0 fully saturated rings. The van der Waals surface area contributed by atoms with Crippen molar-refractivity contribution in [1.82, 2.24) is 0 Å². The molecular formula is C21H22O5. The standard InChI is InChI=1S/C21H22O5/c1-3-4-15-25-18-12-8-17(9-13-18)21(23)26-19-10-5-16(6-11-19)7-14-20(22)24-2/h5-14H,3-4,15H2,1-2H3. The fourth-order valence-electron chi connectivity index (χ4n) is 2.07. The zero-order chi connectivity index (χ0) is 18.8. The van der Waals surface area contributed by atoms with Crippen LogP contribution in [0.5, 0.6) is 11.5 Å². The molecule has 0 bridgehead atoms. The van der Waals surface area contributed by atoms with Crippen LogP contribution in [-0.4, -0.2) is 25.7 Å². The molecular weight excluding hydrogens is 332 g/mol. The molecule has 0 aliphatic rings. The van der Waals surface area contributed by atoms with Crippen molar-refractivity contribution in [3.63, 3.8) is 0 Å². The lowest BCUT2D eigenvalue weighted by atomic mass is 10.2. The molecule has 0 radical (unpaired) electrons. The van der Waals surface area contributed by atoms with Crippen LogP contribution in [0.25, 0.3) is 6.08 Å². The quantitative estimate of drug-likeness (QED) is 0.307. The highest BCUT2D eigenvalue weighted by atomic mass is 16.5. The van der Waals surface area contributed by atoms with Crippen molar-refractivity contribution in [2.75, 3.05) is 13.7 Å². The van der Waals surface area contributed by atoms with E-state index in [-0.39, 0.29) is 0 Å². The van der Waals surface area contributed by atoms with Crippen LogP contribution in [0.1, 0.15) is 35.7 Å². The average Bonchev–Trinajstić information content (AvgIpc) is 2.68. The van der Waals surface area contributed by atoms with Crippen LogP contribution in [0.15, 0.2) is 54.6 Å². The topological polar surface area (TPSA) is 61.8 Å². The number of rotatable bonds is 8. The first-order chi connectivity index (χ1) is 12.6. The lowest BCUT2D eigenvalue weighted by Gasteiger charge is -2.07. The van der Waals surface area contributed by atoms with Crippen molar-refractivity contribution in [3.05, 3.63) is 65.7 Å². The largest absolute Gasteiger partial charge is 0.494 e. The average molecular weight is 354 g/mol. The zero-order valence-corrected chi connectivity index (χ0v) is 14.9. The maximum Gasteiger partial charge on any atom is 0.343 e. The highest BCUT2D eigenvalue weighted by molar-refractivity contribution is 5.91. The molecule has 0 saturated heterocycles. The Labute approximate surface area is 153 Å². The van der Waals surface area contributed by atoms with E-state index >= 15 is 0 Å². The molecule has 0 spiro atoms. The van der Waals surface area contributed by atoms with E-state index in [4.69, 9.17) is 9.47 Å². The summed E-state index contributed by atoms with van der Waals surface area (Å²) in [6.45, 7) is 2.77. The third-order valence-electron chi connectivity index (χ3n) is 3.56. The summed E-state index contributed by atoms with van der Waals surface area (Å²) in [6, 6.07) is 13.7. The van der Waals surface area contributed by atoms with Gasteiger partial charge in [0.1, 0.15) is 11.5 Å². The molecule has 2 aromatic carbocycles. The van der Waals surface area contributed by atoms with Gasteiger partial charge in [0.05, 0.1) is 19.3 Å². The van der Waals surface area contributed by atoms with Crippen LogP contribution in [0.2, 0.25) is 0 Å². The van der Waals surface area contributed by atoms with Crippen LogP contribution in [0.4, 0.5) is 0 Å². The Balaban J connectivity index is 1.92. The monoisotopic (exact) mass is 354 g/mol. The third kappa shape index (κ3) is 6.09. The van der Waals surface area contributed by atoms with Crippen molar-refractivity contribution in [1.29, 1.82) is 0 Å². The molecule has 0 aliphatic carbocycles. The molecule has 0 aromatic heterocycles. The van der Waals surface area contributed by atoms with Gasteiger partial charge in [-0.05, 0) is 54.5 Å². The molecule has 0 amide bonds. The Kier molecular flexibility index (Phi) is 7.43. The number of hydrogen-bond donors (Lipinski definition) is 0. The van der Waals surface area contributed by atoms with Gasteiger partial charge in [0.15, 0.2) is 0 Å². The number of unbranched alkanes of at least 4 members (excludes halogenated alkanes) is 1. The second-order valence-electron chi connectivity index (χ2n) is 5.54. The van der Waals surface area contributed by atoms with Gasteiger partial charge in [-0.15, -0.1) is 0 Å². The summed E-state index contributed by atoms with van der Waals surface area (Å²) in [5.41, 5.74) is 1.24. The molecule has 0 aliphatic heterocycles. The molecule has 2 rings (SSSR count). The lowest BCUT2D eigenvalue weighted by molar-refractivity contribution is -0.134. The molecule has 0 heterocycles. The van der Waals surface area contributed by atoms with Gasteiger partial charge in [-0.1, -0.05) is 25.5 Å². The summed E-state index contributed by atoms with van der Waals surface area (Å²) in [6.07, 6.45) is 5.01. The van der Waals surface area contributed by atoms with Gasteiger partial charge in [-0.25, -0.2) is 9.59 Å². The van der Waals surface area contributed by atoms with Gasteiger partial charge in [0.25, 0.3) is 0 Å². The normalized spacial score (nSPS) is 10.5. The van der Waals surface area contributed by atoms with Gasteiger partial charge < -0.3 is 14.2 Å². The highest BCUT2D eigenvalue weighted by Crippen LogP contribution is 2.17. The molecule has 0 unspecified atom stereocenters. The summed E-state index contributed by atoms with van der Waals surface area (Å²) >= 11 is 0. The summed E-state index contributed by atoms with van der Waals surface area (Å²) in [4.78, 5) is 23.3. The SMILES string of the molecule is CCCCOc1ccc(C(=O)Oc2ccc(C=CC(=O)OC)cc2)cc1. The van der Waals surface area contributed by atoms with Gasteiger partial charge >= 0.3 is 11.9 Å². The van der Waals surface area contributed by atoms with Crippen molar-refractivity contribution in [2.45, 2.75) is 19.8 Å². The summed E-state index contributed by atoms with van der Waals surface area (Å²) < 4.78 is 15.4. The minimum Gasteiger partial charge on any atom is -0.494 e. The molecule has 5 nitrogen and oxygen atoms in total. The fourth-order valence-corrected chi connectivity index (χ4v) is 2.07. The fraction of sp³-hybridized carbons (Fsp3) is 0.238. The summed E-state index contributed by atoms with van der Waals surface area (Å²) in [5.74, 6) is 0.288. The van der Waals surface area contributed by atoms with E-state index in [9.17, 15) is 9.59 Å². The number of esters is 2. The highest BCUT2D eigenvalue weighted by Gasteiger charge is 2.08. The smallest absolute Gasteiger partial charge is 0.343 e. The second-order valence-corrected chi connectivity index (χ2v) is 5.54. The van der Waals surface area contributed by atoms with Gasteiger partial charge in [0, 0.05) is 6.08 Å². The van der Waals surface area contributed by atoms with Crippen molar-refractivity contribution < 1.29 is 23.8 Å². The van der Waals surface area contributed by atoms with E-state index < -0.39 is 11.9 Å². The van der Waals surface area contributed by atoms with Crippen LogP contribution >= 0.6 is 0 Å². The van der Waals surface area contributed by atoms with Crippen LogP contribution < -0.4 is 9.47 Å². The number of ether oxygens (including phenoxy) is 3. The molecule has 136 valence electrons. The number of methoxy groups -OCH3 is 1. The Morgan fingerprint density at radius 1 is 0.962 bits per heavy atom. The minimum atomic E-state index is -0.442. The molecule has 0 saturated carbocycles. The van der Waals surface area contributed by atoms with Gasteiger partial charge in [-0.3, -0.25) is 0 Å². The van der Waals surface area contributed by atoms with Crippen molar-refractivity contribution in [2.24, 2.45) is 0 Å². The Morgan fingerprint density at radius 2 is 1.62 bits per heavy atom. The van der Waals surface area contributed by atoms with E-state index in [0.29, 0.717) is 17.9 Å².